The summed E-state index contributed by atoms with van der Waals surface area (Å²) >= 11 is 0. The van der Waals surface area contributed by atoms with Gasteiger partial charge in [0.15, 0.2) is 5.78 Å². The van der Waals surface area contributed by atoms with Crippen LogP contribution in [0.3, 0.4) is 0 Å². The highest BCUT2D eigenvalue weighted by molar-refractivity contribution is 6.06. The number of nitrogens with zero attached hydrogens (tertiary/aromatic N) is 4. The lowest BCUT2D eigenvalue weighted by Gasteiger charge is -2.08. The van der Waals surface area contributed by atoms with Gasteiger partial charge in [-0.1, -0.05) is 12.1 Å². The molecule has 2 heterocycles. The van der Waals surface area contributed by atoms with Crippen molar-refractivity contribution in [3.63, 3.8) is 0 Å². The minimum Gasteiger partial charge on any atom is -0.496 e. The lowest BCUT2D eigenvalue weighted by molar-refractivity contribution is -0.389. The van der Waals surface area contributed by atoms with Gasteiger partial charge in [-0.25, -0.2) is 0 Å². The topological polar surface area (TPSA) is 100 Å². The normalized spacial score (nSPS) is 10.9. The molecule has 0 spiro atoms. The average molecular weight is 364 g/mol. The average Bonchev–Trinajstić information content (AvgIpc) is 3.16. The maximum atomic E-state index is 12.2. The van der Waals surface area contributed by atoms with Crippen molar-refractivity contribution in [2.24, 2.45) is 0 Å². The Bertz CT molecular complexity index is 996. The van der Waals surface area contributed by atoms with Gasteiger partial charge in [0.25, 0.3) is 0 Å². The second-order valence-electron chi connectivity index (χ2n) is 5.64. The first kappa shape index (κ1) is 18.0. The van der Waals surface area contributed by atoms with Crippen molar-refractivity contribution in [3.8, 4) is 5.75 Å². The van der Waals surface area contributed by atoms with Crippen molar-refractivity contribution in [1.29, 1.82) is 0 Å². The molecule has 8 heteroatoms. The molecule has 0 N–H and O–H groups in total. The van der Waals surface area contributed by atoms with E-state index in [4.69, 9.17) is 4.74 Å². The monoisotopic (exact) mass is 364 g/mol. The first-order chi connectivity index (χ1) is 13.1. The molecule has 0 saturated heterocycles. The molecule has 0 aliphatic heterocycles. The maximum absolute atomic E-state index is 12.2. The molecule has 0 aliphatic rings. The number of carbonyl (C=O) groups excluding carboxylic acids is 1. The molecule has 0 bridgehead atoms. The third kappa shape index (κ3) is 4.43. The van der Waals surface area contributed by atoms with Gasteiger partial charge < -0.3 is 14.9 Å². The molecule has 27 heavy (non-hydrogen) atoms. The summed E-state index contributed by atoms with van der Waals surface area (Å²) in [5, 5.41) is 14.7. The van der Waals surface area contributed by atoms with Crippen LogP contribution in [0.5, 0.6) is 5.75 Å². The summed E-state index contributed by atoms with van der Waals surface area (Å²) in [6, 6.07) is 10.2. The number of ether oxygens (including phenoxy) is 1. The van der Waals surface area contributed by atoms with Crippen LogP contribution in [0, 0.1) is 10.1 Å². The Morgan fingerprint density at radius 1 is 1.33 bits per heavy atom. The lowest BCUT2D eigenvalue weighted by Crippen LogP contribution is -2.03. The SMILES string of the molecule is COc1ccc(/C=C/C(=O)c2cccnc2)cc1Cn1ccc([N+](=O)[O-])n1. The van der Waals surface area contributed by atoms with E-state index in [-0.39, 0.29) is 11.6 Å². The van der Waals surface area contributed by atoms with Crippen molar-refractivity contribution in [1.82, 2.24) is 14.8 Å². The van der Waals surface area contributed by atoms with Crippen molar-refractivity contribution in [2.45, 2.75) is 6.54 Å². The number of hydrogen-bond donors (Lipinski definition) is 0. The smallest absolute Gasteiger partial charge is 0.389 e. The predicted molar refractivity (Wildman–Crippen MR) is 98.6 cm³/mol. The van der Waals surface area contributed by atoms with Crippen LogP contribution in [0.4, 0.5) is 5.82 Å². The summed E-state index contributed by atoms with van der Waals surface area (Å²) < 4.78 is 6.81. The Balaban J connectivity index is 1.81. The van der Waals surface area contributed by atoms with E-state index >= 15 is 0 Å². The molecular weight excluding hydrogens is 348 g/mol. The van der Waals surface area contributed by atoms with Gasteiger partial charge in [-0.05, 0) is 40.8 Å². The van der Waals surface area contributed by atoms with Crippen LogP contribution in [0.2, 0.25) is 0 Å². The van der Waals surface area contributed by atoms with Crippen molar-refractivity contribution in [2.75, 3.05) is 7.11 Å². The summed E-state index contributed by atoms with van der Waals surface area (Å²) in [7, 11) is 1.55. The van der Waals surface area contributed by atoms with Crippen LogP contribution in [0.25, 0.3) is 6.08 Å². The predicted octanol–water partition coefficient (Wildman–Crippen LogP) is 3.14. The van der Waals surface area contributed by atoms with Gasteiger partial charge in [-0.2, -0.15) is 4.68 Å². The largest absolute Gasteiger partial charge is 0.496 e. The highest BCUT2D eigenvalue weighted by Gasteiger charge is 2.13. The quantitative estimate of drug-likeness (QED) is 0.276. The Hall–Kier alpha value is -3.81. The number of pyridine rings is 1. The number of nitro groups is 1. The van der Waals surface area contributed by atoms with Gasteiger partial charge in [0.05, 0.1) is 31.0 Å². The zero-order chi connectivity index (χ0) is 19.2. The Morgan fingerprint density at radius 2 is 2.19 bits per heavy atom. The minimum absolute atomic E-state index is 0.150. The van der Waals surface area contributed by atoms with E-state index in [0.29, 0.717) is 17.9 Å². The van der Waals surface area contributed by atoms with Gasteiger partial charge in [-0.3, -0.25) is 9.78 Å². The molecule has 0 amide bonds. The van der Waals surface area contributed by atoms with Crippen LogP contribution in [-0.4, -0.2) is 32.6 Å². The van der Waals surface area contributed by atoms with Crippen LogP contribution in [-0.2, 0) is 6.54 Å². The van der Waals surface area contributed by atoms with Gasteiger partial charge >= 0.3 is 5.82 Å². The molecule has 8 nitrogen and oxygen atoms in total. The van der Waals surface area contributed by atoms with Crippen LogP contribution >= 0.6 is 0 Å². The fraction of sp³-hybridized carbons (Fsp3) is 0.105. The number of hydrogen-bond acceptors (Lipinski definition) is 6. The van der Waals surface area contributed by atoms with Crippen molar-refractivity contribution < 1.29 is 14.5 Å². The summed E-state index contributed by atoms with van der Waals surface area (Å²) in [5.41, 5.74) is 2.09. The Kier molecular flexibility index (Phi) is 5.36. The summed E-state index contributed by atoms with van der Waals surface area (Å²) in [5.74, 6) is 0.263. The van der Waals surface area contributed by atoms with Gasteiger partial charge in [0, 0.05) is 23.5 Å². The molecular formula is C19H16N4O4. The van der Waals surface area contributed by atoms with Crippen molar-refractivity contribution >= 4 is 17.7 Å². The lowest BCUT2D eigenvalue weighted by atomic mass is 10.1. The van der Waals surface area contributed by atoms with Crippen LogP contribution < -0.4 is 4.74 Å². The molecule has 1 aromatic carbocycles. The molecule has 136 valence electrons. The summed E-state index contributed by atoms with van der Waals surface area (Å²) in [6.45, 7) is 0.301. The number of aromatic nitrogens is 3. The molecule has 0 unspecified atom stereocenters. The van der Waals surface area contributed by atoms with E-state index in [1.807, 2.05) is 12.1 Å². The zero-order valence-corrected chi connectivity index (χ0v) is 14.5. The third-order valence-electron chi connectivity index (χ3n) is 3.82. The number of benzene rings is 1. The summed E-state index contributed by atoms with van der Waals surface area (Å²) in [4.78, 5) is 26.3. The fourth-order valence-corrected chi connectivity index (χ4v) is 2.51. The van der Waals surface area contributed by atoms with Gasteiger partial charge in [-0.15, -0.1) is 0 Å². The highest BCUT2D eigenvalue weighted by Crippen LogP contribution is 2.22. The fourth-order valence-electron chi connectivity index (χ4n) is 2.51. The number of rotatable bonds is 7. The number of allylic oxidation sites excluding steroid dienone is 1. The third-order valence-corrected chi connectivity index (χ3v) is 3.82. The number of ketones is 1. The van der Waals surface area contributed by atoms with Gasteiger partial charge in [0.1, 0.15) is 5.75 Å². The second kappa shape index (κ2) is 8.05. The highest BCUT2D eigenvalue weighted by atomic mass is 16.6. The Morgan fingerprint density at radius 3 is 2.85 bits per heavy atom. The summed E-state index contributed by atoms with van der Waals surface area (Å²) in [6.07, 6.45) is 7.82. The Labute approximate surface area is 154 Å². The van der Waals surface area contributed by atoms with E-state index in [1.54, 1.807) is 37.6 Å². The molecule has 3 aromatic rings. The van der Waals surface area contributed by atoms with Gasteiger partial charge in [0.2, 0.25) is 0 Å². The number of carbonyl (C=O) groups is 1. The van der Waals surface area contributed by atoms with E-state index in [2.05, 4.69) is 10.1 Å². The van der Waals surface area contributed by atoms with E-state index < -0.39 is 4.92 Å². The first-order valence-corrected chi connectivity index (χ1v) is 8.04. The zero-order valence-electron chi connectivity index (χ0n) is 14.5. The van der Waals surface area contributed by atoms with E-state index in [1.165, 1.54) is 29.2 Å². The van der Waals surface area contributed by atoms with E-state index in [0.717, 1.165) is 11.1 Å². The maximum Gasteiger partial charge on any atom is 0.389 e. The van der Waals surface area contributed by atoms with Crippen LogP contribution in [0.15, 0.2) is 61.1 Å². The molecule has 0 fully saturated rings. The van der Waals surface area contributed by atoms with Crippen molar-refractivity contribution in [3.05, 3.63) is 87.9 Å². The molecule has 3 rings (SSSR count). The molecule has 0 saturated carbocycles. The minimum atomic E-state index is -0.545. The second-order valence-corrected chi connectivity index (χ2v) is 5.64. The molecule has 0 atom stereocenters. The molecule has 0 aliphatic carbocycles. The standard InChI is InChI=1S/C19H16N4O4/c1-27-18-7-5-14(4-6-17(24)15-3-2-9-20-12-15)11-16(18)13-22-10-8-19(21-22)23(25)26/h2-12H,13H2,1H3/b6-4+. The first-order valence-electron chi connectivity index (χ1n) is 8.04. The molecule has 0 radical (unpaired) electrons. The molecule has 2 aromatic heterocycles. The number of methoxy groups -OCH3 is 1. The van der Waals surface area contributed by atoms with E-state index in [9.17, 15) is 14.9 Å². The van der Waals surface area contributed by atoms with Crippen LogP contribution in [0.1, 0.15) is 21.5 Å².